The summed E-state index contributed by atoms with van der Waals surface area (Å²) in [4.78, 5) is 17.8. The summed E-state index contributed by atoms with van der Waals surface area (Å²) in [6.07, 6.45) is 15.7. The maximum Gasteiger partial charge on any atom is 0.227 e. The van der Waals surface area contributed by atoms with Crippen molar-refractivity contribution in [1.29, 1.82) is 0 Å². The van der Waals surface area contributed by atoms with Crippen LogP contribution in [0.4, 0.5) is 0 Å². The lowest BCUT2D eigenvalue weighted by atomic mass is 10.2. The molecule has 122 valence electrons. The molecule has 4 N–H and O–H groups in total. The van der Waals surface area contributed by atoms with Crippen molar-refractivity contribution in [2.75, 3.05) is 13.1 Å². The summed E-state index contributed by atoms with van der Waals surface area (Å²) in [5.74, 6) is 0.340. The molecule has 5 nitrogen and oxygen atoms in total. The second-order valence-electron chi connectivity index (χ2n) is 5.26. The summed E-state index contributed by atoms with van der Waals surface area (Å²) in [7, 11) is 0. The lowest BCUT2D eigenvalue weighted by Crippen LogP contribution is -2.25. The third-order valence-electron chi connectivity index (χ3n) is 3.43. The van der Waals surface area contributed by atoms with Gasteiger partial charge in [0.1, 0.15) is 0 Å². The first-order valence-corrected chi connectivity index (χ1v) is 8.01. The van der Waals surface area contributed by atoms with Crippen LogP contribution in [0.5, 0.6) is 0 Å². The fourth-order valence-electron chi connectivity index (χ4n) is 2.30. The Hall–Kier alpha value is -2.04. The molecule has 0 atom stereocenters. The van der Waals surface area contributed by atoms with E-state index >= 15 is 0 Å². The van der Waals surface area contributed by atoms with Crippen LogP contribution in [0.1, 0.15) is 45.4 Å². The summed E-state index contributed by atoms with van der Waals surface area (Å²) in [6.45, 7) is 3.48. The zero-order valence-corrected chi connectivity index (χ0v) is 13.5. The normalized spacial score (nSPS) is 17.2. The number of hydrogen-bond acceptors (Lipinski definition) is 2. The highest BCUT2D eigenvalue weighted by Crippen LogP contribution is 2.22. The van der Waals surface area contributed by atoms with Crippen molar-refractivity contribution < 1.29 is 4.79 Å². The second kappa shape index (κ2) is 10.7. The first-order chi connectivity index (χ1) is 10.6. The molecule has 1 aliphatic rings. The molecule has 1 heterocycles. The number of unbranched alkanes of at least 4 members (excludes halogenated alkanes) is 1. The predicted molar refractivity (Wildman–Crippen MR) is 92.1 cm³/mol. The minimum Gasteiger partial charge on any atom is -0.370 e. The third kappa shape index (κ3) is 7.11. The summed E-state index contributed by atoms with van der Waals surface area (Å²) >= 11 is 0. The average molecular weight is 304 g/mol. The molecule has 0 aromatic rings. The van der Waals surface area contributed by atoms with E-state index < -0.39 is 0 Å². The maximum absolute atomic E-state index is 11.9. The molecule has 1 aliphatic heterocycles. The van der Waals surface area contributed by atoms with Crippen LogP contribution in [0.15, 0.2) is 41.1 Å². The Morgan fingerprint density at radius 1 is 1.23 bits per heavy atom. The van der Waals surface area contributed by atoms with E-state index in [0.717, 1.165) is 44.3 Å². The Morgan fingerprint density at radius 2 is 2.05 bits per heavy atom. The number of nitrogens with two attached hydrogens (primary N) is 2. The number of hydrogen-bond donors (Lipinski definition) is 2. The van der Waals surface area contributed by atoms with Crippen LogP contribution in [0.3, 0.4) is 0 Å². The van der Waals surface area contributed by atoms with Crippen LogP contribution in [0.2, 0.25) is 0 Å². The van der Waals surface area contributed by atoms with Crippen molar-refractivity contribution in [2.45, 2.75) is 45.4 Å². The molecule has 0 aromatic heterocycles. The number of allylic oxidation sites excluding steroid dienone is 6. The van der Waals surface area contributed by atoms with Gasteiger partial charge in [-0.25, -0.2) is 0 Å². The van der Waals surface area contributed by atoms with Gasteiger partial charge in [0.15, 0.2) is 5.96 Å². The Kier molecular flexibility index (Phi) is 8.72. The van der Waals surface area contributed by atoms with E-state index in [1.165, 1.54) is 0 Å². The van der Waals surface area contributed by atoms with Crippen molar-refractivity contribution in [1.82, 2.24) is 4.90 Å². The van der Waals surface area contributed by atoms with Gasteiger partial charge in [-0.2, -0.15) is 0 Å². The number of amides is 1. The Labute approximate surface area is 133 Å². The van der Waals surface area contributed by atoms with Crippen molar-refractivity contribution in [3.05, 3.63) is 36.1 Å². The van der Waals surface area contributed by atoms with Gasteiger partial charge >= 0.3 is 0 Å². The molecule has 0 radical (unpaired) electrons. The highest BCUT2D eigenvalue weighted by atomic mass is 16.2. The van der Waals surface area contributed by atoms with E-state index in [2.05, 4.69) is 36.2 Å². The first-order valence-electron chi connectivity index (χ1n) is 8.01. The van der Waals surface area contributed by atoms with Gasteiger partial charge in [0.2, 0.25) is 5.91 Å². The largest absolute Gasteiger partial charge is 0.370 e. The number of guanidine groups is 1. The van der Waals surface area contributed by atoms with E-state index in [4.69, 9.17) is 11.5 Å². The van der Waals surface area contributed by atoms with E-state index in [1.807, 2.05) is 11.0 Å². The molecule has 0 saturated carbocycles. The van der Waals surface area contributed by atoms with Gasteiger partial charge < -0.3 is 16.4 Å². The Bertz CT molecular complexity index is 459. The van der Waals surface area contributed by atoms with Gasteiger partial charge in [-0.1, -0.05) is 31.2 Å². The van der Waals surface area contributed by atoms with E-state index in [-0.39, 0.29) is 11.9 Å². The lowest BCUT2D eigenvalue weighted by molar-refractivity contribution is -0.126. The summed E-state index contributed by atoms with van der Waals surface area (Å²) in [5, 5.41) is 0. The van der Waals surface area contributed by atoms with Gasteiger partial charge in [0.25, 0.3) is 0 Å². The zero-order valence-electron chi connectivity index (χ0n) is 13.5. The quantitative estimate of drug-likeness (QED) is 0.297. The van der Waals surface area contributed by atoms with Gasteiger partial charge in [0, 0.05) is 25.2 Å². The molecule has 0 aromatic carbocycles. The standard InChI is InChI=1S/C17H28N4O/c1-2-3-4-5-6-7-10-15-11-12-16(22)21(15)14-9-8-13-20-17(18)19/h3-4,6-7,10H,2,5,8-9,11-14H2,1H3,(H4,18,19,20)/b4-3-,7-6+,15-10+. The average Bonchev–Trinajstić information content (AvgIpc) is 2.83. The highest BCUT2D eigenvalue weighted by molar-refractivity contribution is 5.81. The molecule has 0 aliphatic carbocycles. The Balaban J connectivity index is 2.40. The van der Waals surface area contributed by atoms with Crippen molar-refractivity contribution in [2.24, 2.45) is 16.5 Å². The molecule has 1 rings (SSSR count). The topological polar surface area (TPSA) is 84.7 Å². The van der Waals surface area contributed by atoms with Gasteiger partial charge in [0.05, 0.1) is 0 Å². The molecule has 1 amide bonds. The fourth-order valence-corrected chi connectivity index (χ4v) is 2.30. The minimum atomic E-state index is 0.125. The third-order valence-corrected chi connectivity index (χ3v) is 3.43. The first kappa shape index (κ1) is 18.0. The SMILES string of the molecule is CC/C=C\C/C=C/C=C1\CCC(=O)N1CCCCN=C(N)N. The molecule has 1 saturated heterocycles. The van der Waals surface area contributed by atoms with Crippen molar-refractivity contribution in [3.8, 4) is 0 Å². The summed E-state index contributed by atoms with van der Waals surface area (Å²) < 4.78 is 0. The Morgan fingerprint density at radius 3 is 2.77 bits per heavy atom. The summed E-state index contributed by atoms with van der Waals surface area (Å²) in [5.41, 5.74) is 11.7. The molecule has 22 heavy (non-hydrogen) atoms. The second-order valence-corrected chi connectivity index (χ2v) is 5.26. The van der Waals surface area contributed by atoms with Gasteiger partial charge in [-0.15, -0.1) is 0 Å². The van der Waals surface area contributed by atoms with E-state index in [1.54, 1.807) is 0 Å². The van der Waals surface area contributed by atoms with Crippen LogP contribution in [-0.4, -0.2) is 29.9 Å². The molecule has 5 heteroatoms. The van der Waals surface area contributed by atoms with Gasteiger partial charge in [-0.3, -0.25) is 9.79 Å². The van der Waals surface area contributed by atoms with Gasteiger partial charge in [-0.05, 0) is 38.2 Å². The molecule has 0 spiro atoms. The number of carbonyl (C=O) groups is 1. The predicted octanol–water partition coefficient (Wildman–Crippen LogP) is 2.46. The number of rotatable bonds is 9. The fraction of sp³-hybridized carbons (Fsp3) is 0.529. The molecular formula is C17H28N4O. The van der Waals surface area contributed by atoms with Crippen molar-refractivity contribution in [3.63, 3.8) is 0 Å². The van der Waals surface area contributed by atoms with E-state index in [9.17, 15) is 4.79 Å². The zero-order chi connectivity index (χ0) is 16.2. The molecular weight excluding hydrogens is 276 g/mol. The number of aliphatic imine (C=N–C) groups is 1. The van der Waals surface area contributed by atoms with Crippen LogP contribution >= 0.6 is 0 Å². The maximum atomic E-state index is 11.9. The number of likely N-dealkylation sites (tertiary alicyclic amines) is 1. The van der Waals surface area contributed by atoms with Crippen LogP contribution < -0.4 is 11.5 Å². The minimum absolute atomic E-state index is 0.125. The summed E-state index contributed by atoms with van der Waals surface area (Å²) in [6, 6.07) is 0. The number of nitrogens with zero attached hydrogens (tertiary/aromatic N) is 2. The smallest absolute Gasteiger partial charge is 0.227 e. The van der Waals surface area contributed by atoms with Crippen molar-refractivity contribution >= 4 is 11.9 Å². The lowest BCUT2D eigenvalue weighted by Gasteiger charge is -2.17. The molecule has 0 bridgehead atoms. The highest BCUT2D eigenvalue weighted by Gasteiger charge is 2.24. The molecule has 1 fully saturated rings. The van der Waals surface area contributed by atoms with E-state index in [0.29, 0.717) is 13.0 Å². The monoisotopic (exact) mass is 304 g/mol. The number of carbonyl (C=O) groups excluding carboxylic acids is 1. The molecule has 0 unspecified atom stereocenters. The van der Waals surface area contributed by atoms with Crippen LogP contribution in [-0.2, 0) is 4.79 Å². The van der Waals surface area contributed by atoms with Crippen LogP contribution in [0, 0.1) is 0 Å². The van der Waals surface area contributed by atoms with Crippen LogP contribution in [0.25, 0.3) is 0 Å².